The van der Waals surface area contributed by atoms with E-state index in [9.17, 15) is 13.2 Å². The van der Waals surface area contributed by atoms with Crippen LogP contribution in [-0.4, -0.2) is 90.5 Å². The second-order valence-corrected chi connectivity index (χ2v) is 16.8. The van der Waals surface area contributed by atoms with Crippen molar-refractivity contribution in [1.82, 2.24) is 25.0 Å². The van der Waals surface area contributed by atoms with Crippen molar-refractivity contribution in [1.29, 1.82) is 0 Å². The molecule has 0 radical (unpaired) electrons. The van der Waals surface area contributed by atoms with Crippen LogP contribution >= 0.6 is 0 Å². The van der Waals surface area contributed by atoms with E-state index >= 15 is 4.79 Å². The van der Waals surface area contributed by atoms with Crippen LogP contribution in [0.2, 0.25) is 0 Å². The van der Waals surface area contributed by atoms with Crippen LogP contribution in [0.4, 0.5) is 18.9 Å². The van der Waals surface area contributed by atoms with Gasteiger partial charge in [0.15, 0.2) is 0 Å². The Bertz CT molecular complexity index is 1960. The Hall–Kier alpha value is -3.99. The quantitative estimate of drug-likeness (QED) is 0.175. The highest BCUT2D eigenvalue weighted by atomic mass is 19.4. The van der Waals surface area contributed by atoms with Gasteiger partial charge in [0.25, 0.3) is 5.91 Å². The molecule has 4 aliphatic rings. The molecule has 1 N–H and O–H groups in total. The fraction of sp³-hybridized carbons (Fsp3) is 0.511. The first-order valence-corrected chi connectivity index (χ1v) is 20.5. The summed E-state index contributed by atoms with van der Waals surface area (Å²) in [4.78, 5) is 30.2. The average molecular weight is 753 g/mol. The van der Waals surface area contributed by atoms with E-state index in [0.717, 1.165) is 107 Å². The largest absolute Gasteiger partial charge is 0.416 e. The van der Waals surface area contributed by atoms with Gasteiger partial charge in [-0.3, -0.25) is 14.6 Å². The predicted molar refractivity (Wildman–Crippen MR) is 214 cm³/mol. The summed E-state index contributed by atoms with van der Waals surface area (Å²) in [6.45, 7) is 13.7. The number of hydrogen-bond acceptors (Lipinski definition) is 6. The Morgan fingerprint density at radius 3 is 2.24 bits per heavy atom. The Kier molecular flexibility index (Phi) is 10.9. The molecule has 3 aliphatic heterocycles. The van der Waals surface area contributed by atoms with Gasteiger partial charge >= 0.3 is 6.18 Å². The van der Waals surface area contributed by atoms with Crippen molar-refractivity contribution in [2.75, 3.05) is 63.8 Å². The molecule has 4 fully saturated rings. The smallest absolute Gasteiger partial charge is 0.369 e. The molecule has 3 aromatic carbocycles. The van der Waals surface area contributed by atoms with E-state index in [-0.39, 0.29) is 5.91 Å². The summed E-state index contributed by atoms with van der Waals surface area (Å²) in [5.74, 6) is 0.407. The fourth-order valence-corrected chi connectivity index (χ4v) is 9.28. The van der Waals surface area contributed by atoms with Crippen LogP contribution in [-0.2, 0) is 18.3 Å². The van der Waals surface area contributed by atoms with Crippen molar-refractivity contribution in [3.8, 4) is 11.3 Å². The van der Waals surface area contributed by atoms with Gasteiger partial charge in [0.2, 0.25) is 0 Å². The average Bonchev–Trinajstić information content (AvgIpc) is 3.98. The van der Waals surface area contributed by atoms with Gasteiger partial charge in [0, 0.05) is 67.5 Å². The maximum absolute atomic E-state index is 15.1. The monoisotopic (exact) mass is 752 g/mol. The summed E-state index contributed by atoms with van der Waals surface area (Å²) in [5, 5.41) is 4.21. The van der Waals surface area contributed by atoms with E-state index < -0.39 is 17.3 Å². The minimum atomic E-state index is -4.51. The number of fused-ring (bicyclic) bond motifs is 1. The highest BCUT2D eigenvalue weighted by Gasteiger charge is 2.46. The topological polar surface area (TPSA) is 55.0 Å². The summed E-state index contributed by atoms with van der Waals surface area (Å²) < 4.78 is 42.5. The number of benzene rings is 3. The molecule has 4 aromatic rings. The van der Waals surface area contributed by atoms with Gasteiger partial charge in [0.1, 0.15) is 0 Å². The van der Waals surface area contributed by atoms with Crippen molar-refractivity contribution in [2.24, 2.45) is 5.92 Å². The van der Waals surface area contributed by atoms with Gasteiger partial charge in [-0.05, 0) is 107 Å². The van der Waals surface area contributed by atoms with Gasteiger partial charge in [-0.15, -0.1) is 0 Å². The highest BCUT2D eigenvalue weighted by molar-refractivity contribution is 6.10. The number of carbonyl (C=O) groups is 1. The standard InChI is InChI=1S/C45H55F3N6O/c1-32(2)30-52-24-26-54(27-25-52)37-14-15-40-38(29-37)41(43(55)50-44(18-19-44)34-11-5-3-6-12-34)39(42(49-40)33-10-9-13-35(28-33)45(46,47)48)31-51-22-16-36(17-23-51)53-20-7-4-8-21-53/h3,5-6,9-15,28-29,32,36H,4,7-8,16-27,30-31H2,1-2H3,(H,50,55). The zero-order valence-electron chi connectivity index (χ0n) is 32.4. The summed E-state index contributed by atoms with van der Waals surface area (Å²) in [7, 11) is 0. The molecule has 1 aliphatic carbocycles. The normalized spacial score (nSPS) is 20.3. The summed E-state index contributed by atoms with van der Waals surface area (Å²) in [6, 6.07) is 22.2. The molecule has 7 nitrogen and oxygen atoms in total. The number of hydrogen-bond donors (Lipinski definition) is 1. The predicted octanol–water partition coefficient (Wildman–Crippen LogP) is 8.57. The van der Waals surface area contributed by atoms with Gasteiger partial charge in [-0.25, -0.2) is 4.98 Å². The lowest BCUT2D eigenvalue weighted by Gasteiger charge is -2.40. The van der Waals surface area contributed by atoms with Crippen molar-refractivity contribution in [2.45, 2.75) is 83.1 Å². The number of likely N-dealkylation sites (tertiary alicyclic amines) is 2. The van der Waals surface area contributed by atoms with E-state index in [0.29, 0.717) is 46.4 Å². The number of nitrogens with zero attached hydrogens (tertiary/aromatic N) is 5. The molecule has 10 heteroatoms. The van der Waals surface area contributed by atoms with Crippen LogP contribution in [0, 0.1) is 5.92 Å². The lowest BCUT2D eigenvalue weighted by Crippen LogP contribution is -2.47. The Balaban J connectivity index is 1.22. The van der Waals surface area contributed by atoms with Crippen LogP contribution in [0.15, 0.2) is 72.8 Å². The molecule has 8 rings (SSSR count). The van der Waals surface area contributed by atoms with Crippen molar-refractivity contribution >= 4 is 22.5 Å². The number of nitrogens with one attached hydrogen (secondary N) is 1. The number of aromatic nitrogens is 1. The lowest BCUT2D eigenvalue weighted by molar-refractivity contribution is -0.137. The van der Waals surface area contributed by atoms with E-state index in [1.165, 1.54) is 31.4 Å². The summed E-state index contributed by atoms with van der Waals surface area (Å²) in [6.07, 6.45) is 3.02. The number of pyridine rings is 1. The molecule has 0 unspecified atom stereocenters. The number of piperazine rings is 1. The SMILES string of the molecule is CC(C)CN1CCN(c2ccc3nc(-c4cccc(C(F)(F)F)c4)c(CN4CCC(N5CCCCC5)CC4)c(C(=O)NC4(c5ccccc5)CC4)c3c2)CC1. The minimum absolute atomic E-state index is 0.195. The van der Waals surface area contributed by atoms with Gasteiger partial charge in [-0.1, -0.05) is 62.7 Å². The van der Waals surface area contributed by atoms with Gasteiger partial charge in [-0.2, -0.15) is 13.2 Å². The number of carbonyl (C=O) groups excluding carboxylic acids is 1. The second-order valence-electron chi connectivity index (χ2n) is 16.8. The third kappa shape index (κ3) is 8.42. The maximum atomic E-state index is 15.1. The second kappa shape index (κ2) is 15.9. The number of rotatable bonds is 10. The molecule has 3 saturated heterocycles. The first-order chi connectivity index (χ1) is 26.6. The van der Waals surface area contributed by atoms with E-state index in [1.54, 1.807) is 6.07 Å². The van der Waals surface area contributed by atoms with Crippen molar-refractivity contribution in [3.63, 3.8) is 0 Å². The van der Waals surface area contributed by atoms with Crippen LogP contribution < -0.4 is 10.2 Å². The minimum Gasteiger partial charge on any atom is -0.369 e. The lowest BCUT2D eigenvalue weighted by atomic mass is 9.92. The highest BCUT2D eigenvalue weighted by Crippen LogP contribution is 2.46. The summed E-state index contributed by atoms with van der Waals surface area (Å²) >= 11 is 0. The Labute approximate surface area is 323 Å². The molecule has 0 atom stereocenters. The number of halogens is 3. The van der Waals surface area contributed by atoms with Crippen LogP contribution in [0.5, 0.6) is 0 Å². The summed E-state index contributed by atoms with van der Waals surface area (Å²) in [5.41, 5.74) is 3.56. The molecular weight excluding hydrogens is 698 g/mol. The van der Waals surface area contributed by atoms with Crippen LogP contribution in [0.1, 0.15) is 85.8 Å². The molecule has 4 heterocycles. The van der Waals surface area contributed by atoms with Gasteiger partial charge in [0.05, 0.1) is 27.9 Å². The molecule has 1 aromatic heterocycles. The van der Waals surface area contributed by atoms with Crippen molar-refractivity contribution in [3.05, 3.63) is 95.1 Å². The number of alkyl halides is 3. The fourth-order valence-electron chi connectivity index (χ4n) is 9.28. The third-order valence-electron chi connectivity index (χ3n) is 12.4. The third-order valence-corrected chi connectivity index (χ3v) is 12.4. The Morgan fingerprint density at radius 1 is 0.836 bits per heavy atom. The Morgan fingerprint density at radius 2 is 1.56 bits per heavy atom. The van der Waals surface area contributed by atoms with E-state index in [4.69, 9.17) is 4.98 Å². The molecule has 1 saturated carbocycles. The molecular formula is C45H55F3N6O. The first kappa shape index (κ1) is 37.9. The molecule has 0 bridgehead atoms. The van der Waals surface area contributed by atoms with E-state index in [1.807, 2.05) is 24.3 Å². The zero-order valence-corrected chi connectivity index (χ0v) is 32.4. The molecule has 0 spiro atoms. The van der Waals surface area contributed by atoms with Crippen LogP contribution in [0.3, 0.4) is 0 Å². The van der Waals surface area contributed by atoms with Crippen LogP contribution in [0.25, 0.3) is 22.2 Å². The first-order valence-electron chi connectivity index (χ1n) is 20.5. The maximum Gasteiger partial charge on any atom is 0.416 e. The van der Waals surface area contributed by atoms with E-state index in [2.05, 4.69) is 63.0 Å². The van der Waals surface area contributed by atoms with Crippen molar-refractivity contribution < 1.29 is 18.0 Å². The van der Waals surface area contributed by atoms with Gasteiger partial charge < -0.3 is 15.1 Å². The number of amides is 1. The molecule has 55 heavy (non-hydrogen) atoms. The molecule has 1 amide bonds. The number of anilines is 1. The molecule has 292 valence electrons. The number of piperidine rings is 2. The zero-order chi connectivity index (χ0) is 38.2.